The fourth-order valence-corrected chi connectivity index (χ4v) is 2.94. The molecule has 2 atom stereocenters. The molecule has 3 rings (SSSR count). The lowest BCUT2D eigenvalue weighted by Gasteiger charge is -2.36. The first-order valence-electron chi connectivity index (χ1n) is 6.25. The smallest absolute Gasteiger partial charge is 0.139 e. The van der Waals surface area contributed by atoms with Crippen molar-refractivity contribution in [2.75, 3.05) is 19.8 Å². The third kappa shape index (κ3) is 2.68. The molecule has 2 unspecified atom stereocenters. The van der Waals surface area contributed by atoms with Crippen LogP contribution in [0.5, 0.6) is 5.75 Å². The normalized spacial score (nSPS) is 31.7. The molecule has 0 N–H and O–H groups in total. The molecule has 18 heavy (non-hydrogen) atoms. The standard InChI is InChI=1S/C13H16BrNO3/c14-10-5-12(8-15-7-10)18-11-1-3-17-13(6-11)2-4-16-9-13/h5,7-8,11H,1-4,6,9H2. The number of rotatable bonds is 2. The van der Waals surface area contributed by atoms with E-state index < -0.39 is 0 Å². The molecule has 5 heteroatoms. The second kappa shape index (κ2) is 5.15. The maximum Gasteiger partial charge on any atom is 0.139 e. The highest BCUT2D eigenvalue weighted by molar-refractivity contribution is 9.10. The maximum absolute atomic E-state index is 5.99. The predicted molar refractivity (Wildman–Crippen MR) is 69.7 cm³/mol. The van der Waals surface area contributed by atoms with Crippen LogP contribution in [0.25, 0.3) is 0 Å². The molecule has 0 saturated carbocycles. The Balaban J connectivity index is 1.66. The molecule has 2 aliphatic heterocycles. The van der Waals surface area contributed by atoms with Gasteiger partial charge in [0.15, 0.2) is 0 Å². The molecule has 2 fully saturated rings. The van der Waals surface area contributed by atoms with Crippen molar-refractivity contribution in [1.29, 1.82) is 0 Å². The fraction of sp³-hybridized carbons (Fsp3) is 0.615. The van der Waals surface area contributed by atoms with Crippen molar-refractivity contribution in [2.24, 2.45) is 0 Å². The van der Waals surface area contributed by atoms with Gasteiger partial charge in [0.1, 0.15) is 11.9 Å². The van der Waals surface area contributed by atoms with Crippen LogP contribution in [0.2, 0.25) is 0 Å². The van der Waals surface area contributed by atoms with Crippen molar-refractivity contribution < 1.29 is 14.2 Å². The minimum Gasteiger partial charge on any atom is -0.489 e. The van der Waals surface area contributed by atoms with Gasteiger partial charge in [-0.3, -0.25) is 4.98 Å². The fourth-order valence-electron chi connectivity index (χ4n) is 2.60. The van der Waals surface area contributed by atoms with E-state index >= 15 is 0 Å². The molecule has 1 spiro atoms. The van der Waals surface area contributed by atoms with Crippen LogP contribution in [-0.2, 0) is 9.47 Å². The minimum absolute atomic E-state index is 0.109. The molecule has 2 aliphatic rings. The summed E-state index contributed by atoms with van der Waals surface area (Å²) in [6, 6.07) is 1.94. The second-order valence-corrected chi connectivity index (χ2v) is 5.82. The van der Waals surface area contributed by atoms with E-state index in [0.717, 1.165) is 42.7 Å². The summed E-state index contributed by atoms with van der Waals surface area (Å²) in [4.78, 5) is 4.11. The van der Waals surface area contributed by atoms with E-state index in [1.165, 1.54) is 0 Å². The summed E-state index contributed by atoms with van der Waals surface area (Å²) in [5, 5.41) is 0. The van der Waals surface area contributed by atoms with Gasteiger partial charge in [-0.15, -0.1) is 0 Å². The Morgan fingerprint density at radius 3 is 3.11 bits per heavy atom. The van der Waals surface area contributed by atoms with Crippen molar-refractivity contribution in [3.05, 3.63) is 22.9 Å². The average molecular weight is 314 g/mol. The first-order valence-corrected chi connectivity index (χ1v) is 7.04. The Hall–Kier alpha value is -0.650. The SMILES string of the molecule is Brc1cncc(OC2CCOC3(CCOC3)C2)c1. The molecule has 0 amide bonds. The summed E-state index contributed by atoms with van der Waals surface area (Å²) in [6.07, 6.45) is 6.50. The molecule has 98 valence electrons. The average Bonchev–Trinajstić information content (AvgIpc) is 2.77. The predicted octanol–water partition coefficient (Wildman–Crippen LogP) is 2.56. The number of hydrogen-bond donors (Lipinski definition) is 0. The highest BCUT2D eigenvalue weighted by Gasteiger charge is 2.41. The lowest BCUT2D eigenvalue weighted by Crippen LogP contribution is -2.44. The summed E-state index contributed by atoms with van der Waals surface area (Å²) in [5.41, 5.74) is -0.109. The Kier molecular flexibility index (Phi) is 3.54. The molecule has 1 aromatic heterocycles. The van der Waals surface area contributed by atoms with Crippen LogP contribution in [0, 0.1) is 0 Å². The largest absolute Gasteiger partial charge is 0.489 e. The van der Waals surface area contributed by atoms with E-state index in [2.05, 4.69) is 20.9 Å². The summed E-state index contributed by atoms with van der Waals surface area (Å²) < 4.78 is 18.3. The lowest BCUT2D eigenvalue weighted by molar-refractivity contribution is -0.112. The highest BCUT2D eigenvalue weighted by Crippen LogP contribution is 2.34. The van der Waals surface area contributed by atoms with Crippen molar-refractivity contribution in [3.8, 4) is 5.75 Å². The first-order chi connectivity index (χ1) is 8.76. The van der Waals surface area contributed by atoms with Crippen molar-refractivity contribution in [1.82, 2.24) is 4.98 Å². The molecular weight excluding hydrogens is 298 g/mol. The van der Waals surface area contributed by atoms with Gasteiger partial charge in [-0.25, -0.2) is 0 Å². The third-order valence-electron chi connectivity index (χ3n) is 3.50. The first kappa shape index (κ1) is 12.4. The van der Waals surface area contributed by atoms with Crippen LogP contribution in [0.1, 0.15) is 19.3 Å². The van der Waals surface area contributed by atoms with Gasteiger partial charge in [0.05, 0.1) is 25.0 Å². The van der Waals surface area contributed by atoms with Gasteiger partial charge in [-0.05, 0) is 22.0 Å². The molecule has 1 aromatic rings. The molecule has 2 saturated heterocycles. The van der Waals surface area contributed by atoms with E-state index in [9.17, 15) is 0 Å². The van der Waals surface area contributed by atoms with Crippen LogP contribution in [0.15, 0.2) is 22.9 Å². The number of pyridine rings is 1. The number of ether oxygens (including phenoxy) is 3. The molecule has 4 nitrogen and oxygen atoms in total. The monoisotopic (exact) mass is 313 g/mol. The number of aromatic nitrogens is 1. The molecule has 0 bridgehead atoms. The second-order valence-electron chi connectivity index (χ2n) is 4.91. The summed E-state index contributed by atoms with van der Waals surface area (Å²) in [7, 11) is 0. The van der Waals surface area contributed by atoms with Crippen LogP contribution < -0.4 is 4.74 Å². The topological polar surface area (TPSA) is 40.6 Å². The van der Waals surface area contributed by atoms with Gasteiger partial charge < -0.3 is 14.2 Å². The van der Waals surface area contributed by atoms with Crippen molar-refractivity contribution in [3.63, 3.8) is 0 Å². The summed E-state index contributed by atoms with van der Waals surface area (Å²) in [6.45, 7) is 2.24. The quantitative estimate of drug-likeness (QED) is 0.841. The van der Waals surface area contributed by atoms with E-state index in [1.807, 2.05) is 6.07 Å². The molecular formula is C13H16BrNO3. The van der Waals surface area contributed by atoms with Crippen LogP contribution in [0.3, 0.4) is 0 Å². The molecule has 0 aliphatic carbocycles. The molecule has 0 aromatic carbocycles. The molecule has 3 heterocycles. The number of nitrogens with zero attached hydrogens (tertiary/aromatic N) is 1. The Morgan fingerprint density at radius 1 is 1.39 bits per heavy atom. The lowest BCUT2D eigenvalue weighted by atomic mass is 9.91. The van der Waals surface area contributed by atoms with Gasteiger partial charge in [-0.1, -0.05) is 0 Å². The van der Waals surface area contributed by atoms with E-state index in [-0.39, 0.29) is 11.7 Å². The Bertz CT molecular complexity index is 420. The maximum atomic E-state index is 5.99. The molecule has 0 radical (unpaired) electrons. The summed E-state index contributed by atoms with van der Waals surface area (Å²) in [5.74, 6) is 0.811. The van der Waals surface area contributed by atoms with Crippen LogP contribution in [0.4, 0.5) is 0 Å². The summed E-state index contributed by atoms with van der Waals surface area (Å²) >= 11 is 3.40. The van der Waals surface area contributed by atoms with E-state index in [4.69, 9.17) is 14.2 Å². The van der Waals surface area contributed by atoms with Gasteiger partial charge in [0.25, 0.3) is 0 Å². The third-order valence-corrected chi connectivity index (χ3v) is 3.93. The van der Waals surface area contributed by atoms with Gasteiger partial charge in [-0.2, -0.15) is 0 Å². The number of halogens is 1. The van der Waals surface area contributed by atoms with Crippen molar-refractivity contribution >= 4 is 15.9 Å². The highest BCUT2D eigenvalue weighted by atomic mass is 79.9. The van der Waals surface area contributed by atoms with Crippen LogP contribution >= 0.6 is 15.9 Å². The zero-order valence-electron chi connectivity index (χ0n) is 10.1. The zero-order chi connectivity index (χ0) is 12.4. The van der Waals surface area contributed by atoms with Crippen LogP contribution in [-0.4, -0.2) is 36.5 Å². The minimum atomic E-state index is -0.109. The number of hydrogen-bond acceptors (Lipinski definition) is 4. The van der Waals surface area contributed by atoms with E-state index in [0.29, 0.717) is 6.61 Å². The van der Waals surface area contributed by atoms with E-state index in [1.54, 1.807) is 12.4 Å². The Labute approximate surface area is 115 Å². The van der Waals surface area contributed by atoms with Gasteiger partial charge >= 0.3 is 0 Å². The van der Waals surface area contributed by atoms with Crippen molar-refractivity contribution in [2.45, 2.75) is 31.0 Å². The Morgan fingerprint density at radius 2 is 2.33 bits per heavy atom. The van der Waals surface area contributed by atoms with Gasteiger partial charge in [0, 0.05) is 36.5 Å². The van der Waals surface area contributed by atoms with Gasteiger partial charge in [0.2, 0.25) is 0 Å². The zero-order valence-corrected chi connectivity index (χ0v) is 11.7.